The summed E-state index contributed by atoms with van der Waals surface area (Å²) in [5.41, 5.74) is 0.737. The van der Waals surface area contributed by atoms with Crippen molar-refractivity contribution >= 4 is 18.1 Å². The minimum absolute atomic E-state index is 0.0817. The van der Waals surface area contributed by atoms with Crippen LogP contribution in [0.3, 0.4) is 0 Å². The van der Waals surface area contributed by atoms with Crippen molar-refractivity contribution < 1.29 is 14.3 Å². The molecule has 0 bridgehead atoms. The first-order valence-electron chi connectivity index (χ1n) is 8.12. The standard InChI is InChI=1S/C19H19N3O3/c23-18(10-9-16-6-4-5-11-20-16)21-12-14-22(15-13-21)19(24)25-17-7-2-1-3-8-17/h1-11H,12-15H2. The van der Waals surface area contributed by atoms with E-state index >= 15 is 0 Å². The molecule has 0 saturated carbocycles. The van der Waals surface area contributed by atoms with Crippen LogP contribution < -0.4 is 4.74 Å². The van der Waals surface area contributed by atoms with Gasteiger partial charge in [0.2, 0.25) is 5.91 Å². The molecule has 0 spiro atoms. The minimum atomic E-state index is -0.387. The van der Waals surface area contributed by atoms with Crippen molar-refractivity contribution in [1.29, 1.82) is 0 Å². The van der Waals surface area contributed by atoms with Gasteiger partial charge in [-0.3, -0.25) is 9.78 Å². The van der Waals surface area contributed by atoms with Crippen LogP contribution in [-0.2, 0) is 4.79 Å². The minimum Gasteiger partial charge on any atom is -0.410 e. The number of nitrogens with zero attached hydrogens (tertiary/aromatic N) is 3. The quantitative estimate of drug-likeness (QED) is 0.807. The predicted molar refractivity (Wildman–Crippen MR) is 93.9 cm³/mol. The number of para-hydroxylation sites is 1. The number of piperazine rings is 1. The number of amides is 2. The number of carbonyl (C=O) groups excluding carboxylic acids is 2. The molecule has 1 saturated heterocycles. The van der Waals surface area contributed by atoms with Gasteiger partial charge in [0.25, 0.3) is 0 Å². The van der Waals surface area contributed by atoms with Gasteiger partial charge in [0.1, 0.15) is 5.75 Å². The highest BCUT2D eigenvalue weighted by Gasteiger charge is 2.24. The number of hydrogen-bond acceptors (Lipinski definition) is 4. The number of pyridine rings is 1. The molecule has 6 nitrogen and oxygen atoms in total. The Hall–Kier alpha value is -3.15. The Kier molecular flexibility index (Phi) is 5.41. The highest BCUT2D eigenvalue weighted by atomic mass is 16.6. The molecule has 1 aliphatic rings. The lowest BCUT2D eigenvalue weighted by atomic mass is 10.3. The van der Waals surface area contributed by atoms with Gasteiger partial charge >= 0.3 is 6.09 Å². The first kappa shape index (κ1) is 16.7. The van der Waals surface area contributed by atoms with Gasteiger partial charge in [-0.1, -0.05) is 24.3 Å². The fourth-order valence-corrected chi connectivity index (χ4v) is 2.50. The molecular formula is C19H19N3O3. The van der Waals surface area contributed by atoms with Gasteiger partial charge < -0.3 is 14.5 Å². The molecule has 25 heavy (non-hydrogen) atoms. The van der Waals surface area contributed by atoms with E-state index in [0.717, 1.165) is 5.69 Å². The monoisotopic (exact) mass is 337 g/mol. The summed E-state index contributed by atoms with van der Waals surface area (Å²) in [6.45, 7) is 1.87. The van der Waals surface area contributed by atoms with E-state index in [9.17, 15) is 9.59 Å². The van der Waals surface area contributed by atoms with Crippen molar-refractivity contribution in [3.05, 3.63) is 66.5 Å². The van der Waals surface area contributed by atoms with E-state index in [2.05, 4.69) is 4.98 Å². The van der Waals surface area contributed by atoms with Gasteiger partial charge in [0, 0.05) is 38.5 Å². The molecule has 1 aromatic carbocycles. The molecule has 6 heteroatoms. The third-order valence-corrected chi connectivity index (χ3v) is 3.88. The second-order valence-electron chi connectivity index (χ2n) is 5.58. The summed E-state index contributed by atoms with van der Waals surface area (Å²) in [6.07, 6.45) is 4.50. The zero-order valence-corrected chi connectivity index (χ0v) is 13.7. The van der Waals surface area contributed by atoms with E-state index in [-0.39, 0.29) is 12.0 Å². The van der Waals surface area contributed by atoms with Crippen LogP contribution in [0.4, 0.5) is 4.79 Å². The topological polar surface area (TPSA) is 62.7 Å². The zero-order chi connectivity index (χ0) is 17.5. The van der Waals surface area contributed by atoms with Crippen LogP contribution in [0.5, 0.6) is 5.75 Å². The van der Waals surface area contributed by atoms with Crippen molar-refractivity contribution in [3.63, 3.8) is 0 Å². The molecule has 1 aliphatic heterocycles. The second-order valence-corrected chi connectivity index (χ2v) is 5.58. The van der Waals surface area contributed by atoms with E-state index in [1.165, 1.54) is 6.08 Å². The van der Waals surface area contributed by atoms with Crippen molar-refractivity contribution in [2.45, 2.75) is 0 Å². The zero-order valence-electron chi connectivity index (χ0n) is 13.7. The number of benzene rings is 1. The Morgan fingerprint density at radius 2 is 1.60 bits per heavy atom. The van der Waals surface area contributed by atoms with Gasteiger partial charge in [0.05, 0.1) is 5.69 Å². The maximum absolute atomic E-state index is 12.2. The van der Waals surface area contributed by atoms with E-state index < -0.39 is 0 Å². The van der Waals surface area contributed by atoms with Crippen LogP contribution >= 0.6 is 0 Å². The van der Waals surface area contributed by atoms with Gasteiger partial charge in [-0.15, -0.1) is 0 Å². The van der Waals surface area contributed by atoms with Gasteiger partial charge in [-0.05, 0) is 30.3 Å². The summed E-state index contributed by atoms with van der Waals surface area (Å²) >= 11 is 0. The lowest BCUT2D eigenvalue weighted by Gasteiger charge is -2.33. The Morgan fingerprint density at radius 1 is 0.920 bits per heavy atom. The maximum Gasteiger partial charge on any atom is 0.415 e. The Morgan fingerprint density at radius 3 is 2.28 bits per heavy atom. The van der Waals surface area contributed by atoms with Crippen LogP contribution in [0.15, 0.2) is 60.8 Å². The normalized spacial score (nSPS) is 14.6. The fourth-order valence-electron chi connectivity index (χ4n) is 2.50. The molecule has 2 aromatic rings. The first-order valence-corrected chi connectivity index (χ1v) is 8.12. The molecule has 1 aromatic heterocycles. The Labute approximate surface area is 146 Å². The van der Waals surface area contributed by atoms with Crippen molar-refractivity contribution in [1.82, 2.24) is 14.8 Å². The molecule has 3 rings (SSSR count). The summed E-state index contributed by atoms with van der Waals surface area (Å²) in [5, 5.41) is 0. The Balaban J connectivity index is 1.49. The number of carbonyl (C=O) groups is 2. The summed E-state index contributed by atoms with van der Waals surface area (Å²) in [5.74, 6) is 0.436. The number of ether oxygens (including phenoxy) is 1. The second kappa shape index (κ2) is 8.10. The Bertz CT molecular complexity index is 739. The maximum atomic E-state index is 12.2. The van der Waals surface area contributed by atoms with Crippen LogP contribution in [0, 0.1) is 0 Å². The summed E-state index contributed by atoms with van der Waals surface area (Å²) in [4.78, 5) is 31.8. The molecular weight excluding hydrogens is 318 g/mol. The van der Waals surface area contributed by atoms with E-state index in [4.69, 9.17) is 4.74 Å². The van der Waals surface area contributed by atoms with Gasteiger partial charge in [0.15, 0.2) is 0 Å². The van der Waals surface area contributed by atoms with E-state index in [1.54, 1.807) is 34.2 Å². The van der Waals surface area contributed by atoms with Crippen molar-refractivity contribution in [2.24, 2.45) is 0 Å². The first-order chi connectivity index (χ1) is 12.2. The predicted octanol–water partition coefficient (Wildman–Crippen LogP) is 2.44. The molecule has 0 unspecified atom stereocenters. The van der Waals surface area contributed by atoms with Crippen molar-refractivity contribution in [2.75, 3.05) is 26.2 Å². The SMILES string of the molecule is O=C(C=Cc1ccccn1)N1CCN(C(=O)Oc2ccccc2)CC1. The summed E-state index contributed by atoms with van der Waals surface area (Å²) in [6, 6.07) is 14.5. The highest BCUT2D eigenvalue weighted by Crippen LogP contribution is 2.12. The van der Waals surface area contributed by atoms with Crippen molar-refractivity contribution in [3.8, 4) is 5.75 Å². The molecule has 2 amide bonds. The van der Waals surface area contributed by atoms with Gasteiger partial charge in [-0.2, -0.15) is 0 Å². The molecule has 128 valence electrons. The van der Waals surface area contributed by atoms with E-state index in [0.29, 0.717) is 31.9 Å². The molecule has 0 N–H and O–H groups in total. The molecule has 0 radical (unpaired) electrons. The highest BCUT2D eigenvalue weighted by molar-refractivity contribution is 5.91. The largest absolute Gasteiger partial charge is 0.415 e. The average molecular weight is 337 g/mol. The third-order valence-electron chi connectivity index (χ3n) is 3.88. The summed E-state index contributed by atoms with van der Waals surface area (Å²) in [7, 11) is 0. The van der Waals surface area contributed by atoms with Gasteiger partial charge in [-0.25, -0.2) is 4.79 Å². The molecule has 0 atom stereocenters. The summed E-state index contributed by atoms with van der Waals surface area (Å²) < 4.78 is 5.32. The lowest BCUT2D eigenvalue weighted by Crippen LogP contribution is -2.51. The van der Waals surface area contributed by atoms with E-state index in [1.807, 2.05) is 36.4 Å². The van der Waals surface area contributed by atoms with Crippen LogP contribution in [0.2, 0.25) is 0 Å². The smallest absolute Gasteiger partial charge is 0.410 e. The lowest BCUT2D eigenvalue weighted by molar-refractivity contribution is -0.127. The fraction of sp³-hybridized carbons (Fsp3) is 0.211. The van der Waals surface area contributed by atoms with Crippen LogP contribution in [-0.4, -0.2) is 53.0 Å². The van der Waals surface area contributed by atoms with Crippen LogP contribution in [0.25, 0.3) is 6.08 Å². The molecule has 2 heterocycles. The van der Waals surface area contributed by atoms with Crippen LogP contribution in [0.1, 0.15) is 5.69 Å². The third kappa shape index (κ3) is 4.67. The number of hydrogen-bond donors (Lipinski definition) is 0. The molecule has 1 fully saturated rings. The number of aromatic nitrogens is 1. The number of rotatable bonds is 3. The molecule has 0 aliphatic carbocycles. The average Bonchev–Trinajstić information content (AvgIpc) is 2.68.